The predicted octanol–water partition coefficient (Wildman–Crippen LogP) is 2.21. The van der Waals surface area contributed by atoms with Crippen LogP contribution in [0.5, 0.6) is 0 Å². The number of benzene rings is 1. The smallest absolute Gasteiger partial charge is 0.377 e. The molecule has 0 spiro atoms. The lowest BCUT2D eigenvalue weighted by Crippen LogP contribution is -2.45. The molecule has 0 saturated heterocycles. The van der Waals surface area contributed by atoms with Crippen molar-refractivity contribution in [2.75, 3.05) is 21.3 Å². The van der Waals surface area contributed by atoms with Crippen molar-refractivity contribution in [2.24, 2.45) is 0 Å². The van der Waals surface area contributed by atoms with Gasteiger partial charge in [-0.05, 0) is 17.5 Å². The van der Waals surface area contributed by atoms with Crippen LogP contribution in [-0.4, -0.2) is 30.1 Å². The summed E-state index contributed by atoms with van der Waals surface area (Å²) in [4.78, 5) is 0. The van der Waals surface area contributed by atoms with Gasteiger partial charge in [-0.2, -0.15) is 0 Å². The molecule has 0 aliphatic rings. The van der Waals surface area contributed by atoms with Crippen molar-refractivity contribution in [3.8, 4) is 0 Å². The molecule has 0 amide bonds. The molecule has 0 fully saturated rings. The Balaban J connectivity index is 2.77. The Labute approximate surface area is 98.7 Å². The van der Waals surface area contributed by atoms with E-state index in [1.54, 1.807) is 21.3 Å². The van der Waals surface area contributed by atoms with E-state index in [-0.39, 0.29) is 0 Å². The van der Waals surface area contributed by atoms with Crippen LogP contribution in [0.15, 0.2) is 24.3 Å². The van der Waals surface area contributed by atoms with Crippen LogP contribution in [0.2, 0.25) is 0 Å². The SMILES string of the molecule is CCc1ccc(C[Si](OC)(OC)OC)cc1. The minimum atomic E-state index is -2.49. The largest absolute Gasteiger partial charge is 0.504 e. The van der Waals surface area contributed by atoms with Gasteiger partial charge in [0.1, 0.15) is 0 Å². The average Bonchev–Trinajstić information content (AvgIpc) is 2.37. The minimum absolute atomic E-state index is 0.709. The van der Waals surface area contributed by atoms with Crippen LogP contribution in [0.1, 0.15) is 18.1 Å². The fourth-order valence-electron chi connectivity index (χ4n) is 1.61. The van der Waals surface area contributed by atoms with Crippen molar-refractivity contribution >= 4 is 8.80 Å². The maximum Gasteiger partial charge on any atom is 0.504 e. The van der Waals surface area contributed by atoms with Crippen LogP contribution in [0.4, 0.5) is 0 Å². The molecule has 1 rings (SSSR count). The number of aryl methyl sites for hydroxylation is 1. The van der Waals surface area contributed by atoms with Crippen LogP contribution < -0.4 is 0 Å². The van der Waals surface area contributed by atoms with E-state index in [0.29, 0.717) is 6.04 Å². The van der Waals surface area contributed by atoms with E-state index in [4.69, 9.17) is 13.3 Å². The molecule has 4 heteroatoms. The Morgan fingerprint density at radius 1 is 0.875 bits per heavy atom. The standard InChI is InChI=1S/C12H20O3Si/c1-5-11-6-8-12(9-7-11)10-16(13-2,14-3)15-4/h6-9H,5,10H2,1-4H3. The van der Waals surface area contributed by atoms with Gasteiger partial charge in [-0.3, -0.25) is 0 Å². The number of rotatable bonds is 6. The zero-order valence-corrected chi connectivity index (χ0v) is 11.4. The quantitative estimate of drug-likeness (QED) is 0.714. The first-order valence-corrected chi connectivity index (χ1v) is 7.36. The molecule has 1 aromatic rings. The molecule has 0 radical (unpaired) electrons. The van der Waals surface area contributed by atoms with Gasteiger partial charge in [0.25, 0.3) is 0 Å². The second-order valence-electron chi connectivity index (χ2n) is 3.64. The third-order valence-corrected chi connectivity index (χ3v) is 5.49. The van der Waals surface area contributed by atoms with E-state index in [2.05, 4.69) is 31.2 Å². The normalized spacial score (nSPS) is 11.8. The van der Waals surface area contributed by atoms with Gasteiger partial charge in [-0.15, -0.1) is 0 Å². The molecule has 0 aromatic heterocycles. The van der Waals surface area contributed by atoms with Gasteiger partial charge in [-0.25, -0.2) is 0 Å². The van der Waals surface area contributed by atoms with Gasteiger partial charge in [-0.1, -0.05) is 31.2 Å². The van der Waals surface area contributed by atoms with E-state index in [9.17, 15) is 0 Å². The number of hydrogen-bond donors (Lipinski definition) is 0. The summed E-state index contributed by atoms with van der Waals surface area (Å²) >= 11 is 0. The Kier molecular flexibility index (Phi) is 5.14. The summed E-state index contributed by atoms with van der Waals surface area (Å²) in [6, 6.07) is 9.20. The highest BCUT2D eigenvalue weighted by atomic mass is 28.4. The Morgan fingerprint density at radius 2 is 1.31 bits per heavy atom. The maximum absolute atomic E-state index is 5.39. The van der Waals surface area contributed by atoms with Crippen molar-refractivity contribution < 1.29 is 13.3 Å². The van der Waals surface area contributed by atoms with Crippen molar-refractivity contribution in [1.82, 2.24) is 0 Å². The van der Waals surface area contributed by atoms with Gasteiger partial charge in [0.15, 0.2) is 0 Å². The van der Waals surface area contributed by atoms with E-state index >= 15 is 0 Å². The highest BCUT2D eigenvalue weighted by Gasteiger charge is 2.37. The van der Waals surface area contributed by atoms with E-state index in [1.807, 2.05) is 0 Å². The van der Waals surface area contributed by atoms with Crippen molar-refractivity contribution in [1.29, 1.82) is 0 Å². The van der Waals surface area contributed by atoms with Gasteiger partial charge in [0, 0.05) is 27.4 Å². The average molecular weight is 240 g/mol. The lowest BCUT2D eigenvalue weighted by molar-refractivity contribution is 0.122. The zero-order chi connectivity index (χ0) is 12.0. The third kappa shape index (κ3) is 3.15. The monoisotopic (exact) mass is 240 g/mol. The van der Waals surface area contributed by atoms with E-state index in [1.165, 1.54) is 11.1 Å². The van der Waals surface area contributed by atoms with Crippen LogP contribution in [0, 0.1) is 0 Å². The minimum Gasteiger partial charge on any atom is -0.377 e. The maximum atomic E-state index is 5.39. The fourth-order valence-corrected chi connectivity index (χ4v) is 3.28. The molecule has 0 bridgehead atoms. The molecular formula is C12H20O3Si. The second-order valence-corrected chi connectivity index (χ2v) is 6.59. The molecule has 90 valence electrons. The summed E-state index contributed by atoms with van der Waals surface area (Å²) in [6.45, 7) is 2.15. The van der Waals surface area contributed by atoms with Crippen LogP contribution in [0.25, 0.3) is 0 Å². The molecule has 0 N–H and O–H groups in total. The first-order valence-electron chi connectivity index (χ1n) is 5.43. The molecule has 0 unspecified atom stereocenters. The molecule has 0 aliphatic carbocycles. The van der Waals surface area contributed by atoms with Crippen molar-refractivity contribution in [3.05, 3.63) is 35.4 Å². The lowest BCUT2D eigenvalue weighted by atomic mass is 10.1. The molecule has 0 saturated carbocycles. The molecule has 1 aromatic carbocycles. The highest BCUT2D eigenvalue weighted by molar-refractivity contribution is 6.60. The van der Waals surface area contributed by atoms with E-state index < -0.39 is 8.80 Å². The Bertz CT molecular complexity index is 298. The Morgan fingerprint density at radius 3 is 1.69 bits per heavy atom. The zero-order valence-electron chi connectivity index (χ0n) is 10.4. The molecule has 0 atom stereocenters. The summed E-state index contributed by atoms with van der Waals surface area (Å²) < 4.78 is 16.2. The summed E-state index contributed by atoms with van der Waals surface area (Å²) in [5.74, 6) is 0. The van der Waals surface area contributed by atoms with Gasteiger partial charge in [0.2, 0.25) is 0 Å². The number of hydrogen-bond acceptors (Lipinski definition) is 3. The predicted molar refractivity (Wildman–Crippen MR) is 66.3 cm³/mol. The fraction of sp³-hybridized carbons (Fsp3) is 0.500. The molecule has 3 nitrogen and oxygen atoms in total. The van der Waals surface area contributed by atoms with Crippen LogP contribution in [0.3, 0.4) is 0 Å². The third-order valence-electron chi connectivity index (χ3n) is 2.78. The van der Waals surface area contributed by atoms with Gasteiger partial charge in [0.05, 0.1) is 0 Å². The van der Waals surface area contributed by atoms with E-state index in [0.717, 1.165) is 6.42 Å². The first kappa shape index (κ1) is 13.4. The summed E-state index contributed by atoms with van der Waals surface area (Å²) in [6.07, 6.45) is 1.06. The topological polar surface area (TPSA) is 27.7 Å². The highest BCUT2D eigenvalue weighted by Crippen LogP contribution is 2.15. The van der Waals surface area contributed by atoms with Gasteiger partial charge < -0.3 is 13.3 Å². The second kappa shape index (κ2) is 6.15. The summed E-state index contributed by atoms with van der Waals surface area (Å²) in [5.41, 5.74) is 2.53. The van der Waals surface area contributed by atoms with Crippen molar-refractivity contribution in [2.45, 2.75) is 19.4 Å². The Hall–Kier alpha value is -0.683. The molecule has 0 aliphatic heterocycles. The van der Waals surface area contributed by atoms with Crippen molar-refractivity contribution in [3.63, 3.8) is 0 Å². The van der Waals surface area contributed by atoms with Crippen LogP contribution >= 0.6 is 0 Å². The first-order chi connectivity index (χ1) is 7.69. The molecule has 0 heterocycles. The lowest BCUT2D eigenvalue weighted by Gasteiger charge is -2.24. The molecule has 16 heavy (non-hydrogen) atoms. The van der Waals surface area contributed by atoms with Gasteiger partial charge >= 0.3 is 8.80 Å². The molecular weight excluding hydrogens is 220 g/mol. The summed E-state index contributed by atoms with van der Waals surface area (Å²) in [5, 5.41) is 0. The van der Waals surface area contributed by atoms with Crippen LogP contribution in [-0.2, 0) is 25.7 Å². The summed E-state index contributed by atoms with van der Waals surface area (Å²) in [7, 11) is 2.43.